The van der Waals surface area contributed by atoms with Gasteiger partial charge in [-0.15, -0.1) is 0 Å². The molecule has 0 N–H and O–H groups in total. The lowest BCUT2D eigenvalue weighted by Crippen LogP contribution is -2.23. The van der Waals surface area contributed by atoms with Crippen molar-refractivity contribution < 1.29 is 17.4 Å². The number of carbonyl (C=O) groups is 1. The van der Waals surface area contributed by atoms with Gasteiger partial charge in [-0.05, 0) is 28.3 Å². The Morgan fingerprint density at radius 1 is 1.00 bits per heavy atom. The van der Waals surface area contributed by atoms with E-state index in [0.29, 0.717) is 12.8 Å². The topological polar surface area (TPSA) is 60.4 Å². The number of rotatable bonds is 3. The third kappa shape index (κ3) is 3.45. The summed E-state index contributed by atoms with van der Waals surface area (Å²) in [5.74, 6) is 0.101. The zero-order valence-corrected chi connectivity index (χ0v) is 13.9. The van der Waals surface area contributed by atoms with E-state index >= 15 is 0 Å². The molecule has 23 heavy (non-hydrogen) atoms. The molecule has 1 aliphatic rings. The van der Waals surface area contributed by atoms with Gasteiger partial charge < -0.3 is 4.18 Å². The molecule has 120 valence electrons. The van der Waals surface area contributed by atoms with Gasteiger partial charge in [0.1, 0.15) is 10.7 Å². The average molecular weight is 330 g/mol. The van der Waals surface area contributed by atoms with E-state index < -0.39 is 10.1 Å². The van der Waals surface area contributed by atoms with E-state index in [0.717, 1.165) is 10.8 Å². The van der Waals surface area contributed by atoms with E-state index in [4.69, 9.17) is 4.18 Å². The number of allylic oxidation sites excluding steroid dienone is 2. The molecule has 0 radical (unpaired) electrons. The minimum Gasteiger partial charge on any atom is -0.383 e. The van der Waals surface area contributed by atoms with E-state index in [2.05, 4.69) is 0 Å². The second-order valence-electron chi connectivity index (χ2n) is 6.64. The molecule has 0 amide bonds. The Labute approximate surface area is 135 Å². The molecule has 0 atom stereocenters. The van der Waals surface area contributed by atoms with Crippen LogP contribution in [-0.4, -0.2) is 14.2 Å². The maximum absolute atomic E-state index is 12.5. The van der Waals surface area contributed by atoms with Crippen molar-refractivity contribution in [3.8, 4) is 0 Å². The Morgan fingerprint density at radius 3 is 2.39 bits per heavy atom. The number of fused-ring (bicyclic) bond motifs is 1. The molecule has 0 saturated carbocycles. The Kier molecular flexibility index (Phi) is 3.76. The minimum absolute atomic E-state index is 0.0907. The molecule has 5 heteroatoms. The van der Waals surface area contributed by atoms with Crippen LogP contribution in [0.1, 0.15) is 26.7 Å². The normalized spacial score (nSPS) is 17.8. The first-order valence-corrected chi connectivity index (χ1v) is 8.83. The molecule has 0 saturated heterocycles. The lowest BCUT2D eigenvalue weighted by atomic mass is 9.80. The van der Waals surface area contributed by atoms with Crippen LogP contribution >= 0.6 is 0 Å². The van der Waals surface area contributed by atoms with Gasteiger partial charge in [-0.3, -0.25) is 4.79 Å². The molecule has 3 rings (SSSR count). The zero-order chi connectivity index (χ0) is 16.7. The van der Waals surface area contributed by atoms with Gasteiger partial charge in [0.2, 0.25) is 0 Å². The van der Waals surface area contributed by atoms with Crippen LogP contribution in [0.4, 0.5) is 0 Å². The van der Waals surface area contributed by atoms with Crippen LogP contribution in [0.2, 0.25) is 0 Å². The third-order valence-corrected chi connectivity index (χ3v) is 5.12. The van der Waals surface area contributed by atoms with Crippen molar-refractivity contribution in [1.82, 2.24) is 0 Å². The predicted molar refractivity (Wildman–Crippen MR) is 88.3 cm³/mol. The van der Waals surface area contributed by atoms with Crippen LogP contribution in [0.25, 0.3) is 10.8 Å². The predicted octanol–water partition coefficient (Wildman–Crippen LogP) is 3.82. The summed E-state index contributed by atoms with van der Waals surface area (Å²) in [6, 6.07) is 12.4. The van der Waals surface area contributed by atoms with Gasteiger partial charge in [0.25, 0.3) is 0 Å². The first-order valence-electron chi connectivity index (χ1n) is 7.42. The number of benzene rings is 2. The SMILES string of the molecule is CC1(C)CC(=O)C=C(OS(=O)(=O)c2ccc3ccccc3c2)C1. The van der Waals surface area contributed by atoms with Crippen molar-refractivity contribution in [1.29, 1.82) is 0 Å². The molecule has 0 fully saturated rings. The Morgan fingerprint density at radius 2 is 1.70 bits per heavy atom. The number of ketones is 1. The molecule has 2 aromatic rings. The number of carbonyl (C=O) groups excluding carboxylic acids is 1. The number of hydrogen-bond donors (Lipinski definition) is 0. The standard InChI is InChI=1S/C18H18O4S/c1-18(2)11-15(19)10-16(12-18)22-23(20,21)17-8-7-13-5-3-4-6-14(13)9-17/h3-10H,11-12H2,1-2H3. The van der Waals surface area contributed by atoms with Crippen molar-refractivity contribution in [3.63, 3.8) is 0 Å². The highest BCUT2D eigenvalue weighted by molar-refractivity contribution is 7.86. The Balaban J connectivity index is 1.93. The summed E-state index contributed by atoms with van der Waals surface area (Å²) in [4.78, 5) is 11.8. The van der Waals surface area contributed by atoms with Crippen LogP contribution in [-0.2, 0) is 19.1 Å². The van der Waals surface area contributed by atoms with Crippen molar-refractivity contribution in [3.05, 3.63) is 54.3 Å². The van der Waals surface area contributed by atoms with Crippen LogP contribution in [0.5, 0.6) is 0 Å². The zero-order valence-electron chi connectivity index (χ0n) is 13.1. The molecule has 0 aliphatic heterocycles. The van der Waals surface area contributed by atoms with E-state index in [1.54, 1.807) is 12.1 Å². The molecule has 4 nitrogen and oxygen atoms in total. The molecule has 0 spiro atoms. The van der Waals surface area contributed by atoms with Crippen molar-refractivity contribution in [2.45, 2.75) is 31.6 Å². The smallest absolute Gasteiger partial charge is 0.338 e. The van der Waals surface area contributed by atoms with Gasteiger partial charge >= 0.3 is 10.1 Å². The van der Waals surface area contributed by atoms with Gasteiger partial charge in [0.05, 0.1) is 0 Å². The van der Waals surface area contributed by atoms with Crippen LogP contribution in [0.15, 0.2) is 59.2 Å². The molecule has 0 bridgehead atoms. The van der Waals surface area contributed by atoms with Crippen LogP contribution < -0.4 is 0 Å². The third-order valence-electron chi connectivity index (χ3n) is 3.85. The highest BCUT2D eigenvalue weighted by Crippen LogP contribution is 2.35. The molecule has 0 aromatic heterocycles. The fourth-order valence-corrected chi connectivity index (χ4v) is 3.84. The fraction of sp³-hybridized carbons (Fsp3) is 0.278. The second kappa shape index (κ2) is 5.49. The van der Waals surface area contributed by atoms with Gasteiger partial charge in [-0.1, -0.05) is 44.2 Å². The molecule has 0 heterocycles. The van der Waals surface area contributed by atoms with Crippen molar-refractivity contribution in [2.75, 3.05) is 0 Å². The first-order chi connectivity index (χ1) is 10.8. The average Bonchev–Trinajstić information content (AvgIpc) is 2.44. The lowest BCUT2D eigenvalue weighted by molar-refractivity contribution is -0.117. The monoisotopic (exact) mass is 330 g/mol. The summed E-state index contributed by atoms with van der Waals surface area (Å²) in [7, 11) is -3.95. The van der Waals surface area contributed by atoms with E-state index in [-0.39, 0.29) is 21.9 Å². The summed E-state index contributed by atoms with van der Waals surface area (Å²) in [5.41, 5.74) is -0.292. The molecular formula is C18H18O4S. The Bertz CT molecular complexity index is 908. The summed E-state index contributed by atoms with van der Waals surface area (Å²) < 4.78 is 30.2. The van der Waals surface area contributed by atoms with Gasteiger partial charge in [0, 0.05) is 18.9 Å². The highest BCUT2D eigenvalue weighted by Gasteiger charge is 2.31. The first kappa shape index (κ1) is 15.7. The van der Waals surface area contributed by atoms with E-state index in [1.165, 1.54) is 12.1 Å². The van der Waals surface area contributed by atoms with Gasteiger partial charge in [-0.25, -0.2) is 0 Å². The second-order valence-corrected chi connectivity index (χ2v) is 8.19. The van der Waals surface area contributed by atoms with Crippen molar-refractivity contribution in [2.24, 2.45) is 5.41 Å². The quantitative estimate of drug-likeness (QED) is 0.803. The Hall–Kier alpha value is -2.14. The molecule has 1 aliphatic carbocycles. The molecule has 2 aromatic carbocycles. The fourth-order valence-electron chi connectivity index (χ4n) is 2.85. The maximum Gasteiger partial charge on any atom is 0.338 e. The van der Waals surface area contributed by atoms with Gasteiger partial charge in [0.15, 0.2) is 5.78 Å². The van der Waals surface area contributed by atoms with E-state index in [9.17, 15) is 13.2 Å². The van der Waals surface area contributed by atoms with Gasteiger partial charge in [-0.2, -0.15) is 8.42 Å². The highest BCUT2D eigenvalue weighted by atomic mass is 32.2. The summed E-state index contributed by atoms with van der Waals surface area (Å²) in [6.45, 7) is 3.84. The molecular weight excluding hydrogens is 312 g/mol. The van der Waals surface area contributed by atoms with Crippen LogP contribution in [0, 0.1) is 5.41 Å². The summed E-state index contributed by atoms with van der Waals surface area (Å²) in [6.07, 6.45) is 2.12. The van der Waals surface area contributed by atoms with Crippen molar-refractivity contribution >= 4 is 26.7 Å². The summed E-state index contributed by atoms with van der Waals surface area (Å²) in [5, 5.41) is 1.78. The number of hydrogen-bond acceptors (Lipinski definition) is 4. The van der Waals surface area contributed by atoms with E-state index in [1.807, 2.05) is 38.1 Å². The van der Waals surface area contributed by atoms with Crippen LogP contribution in [0.3, 0.4) is 0 Å². The lowest BCUT2D eigenvalue weighted by Gasteiger charge is -2.28. The summed E-state index contributed by atoms with van der Waals surface area (Å²) >= 11 is 0. The minimum atomic E-state index is -3.95. The largest absolute Gasteiger partial charge is 0.383 e. The molecule has 0 unspecified atom stereocenters. The maximum atomic E-state index is 12.5.